The van der Waals surface area contributed by atoms with Crippen LogP contribution in [0.3, 0.4) is 0 Å². The molecule has 0 atom stereocenters. The van der Waals surface area contributed by atoms with Gasteiger partial charge >= 0.3 is 5.97 Å². The smallest absolute Gasteiger partial charge is 0.337 e. The summed E-state index contributed by atoms with van der Waals surface area (Å²) in [6.45, 7) is 0. The van der Waals surface area contributed by atoms with Gasteiger partial charge in [0.1, 0.15) is 11.1 Å². The van der Waals surface area contributed by atoms with Crippen molar-refractivity contribution in [3.63, 3.8) is 0 Å². The molecule has 0 bridgehead atoms. The molecule has 1 aromatic carbocycles. The number of nitriles is 1. The monoisotopic (exact) mass is 385 g/mol. The summed E-state index contributed by atoms with van der Waals surface area (Å²) in [7, 11) is 1.28. The van der Waals surface area contributed by atoms with Gasteiger partial charge in [0.2, 0.25) is 0 Å². The summed E-state index contributed by atoms with van der Waals surface area (Å²) in [4.78, 5) is 25.1. The van der Waals surface area contributed by atoms with Crippen LogP contribution in [-0.2, 0) is 17.6 Å². The summed E-state index contributed by atoms with van der Waals surface area (Å²) >= 11 is 6.70. The first kappa shape index (κ1) is 18.0. The summed E-state index contributed by atoms with van der Waals surface area (Å²) in [5.74, 6) is -0.969. The first-order valence-corrected chi connectivity index (χ1v) is 9.11. The predicted molar refractivity (Wildman–Crippen MR) is 103 cm³/mol. The van der Waals surface area contributed by atoms with Crippen LogP contribution in [0.5, 0.6) is 0 Å². The molecule has 0 aliphatic heterocycles. The van der Waals surface area contributed by atoms with Crippen LogP contribution in [0, 0.1) is 11.3 Å². The number of carbonyl (C=O) groups excluding carboxylic acids is 2. The van der Waals surface area contributed by atoms with Crippen molar-refractivity contribution in [2.45, 2.75) is 19.3 Å². The minimum atomic E-state index is -0.521. The Morgan fingerprint density at radius 1 is 1.31 bits per heavy atom. The molecule has 0 fully saturated rings. The molecule has 1 aliphatic carbocycles. The number of thiocarbonyl (C=S) groups is 1. The predicted octanol–water partition coefficient (Wildman–Crippen LogP) is 3.02. The number of carbonyl (C=O) groups is 2. The molecule has 0 saturated carbocycles. The van der Waals surface area contributed by atoms with Gasteiger partial charge in [-0.2, -0.15) is 5.26 Å². The van der Waals surface area contributed by atoms with E-state index in [1.165, 1.54) is 29.4 Å². The zero-order chi connectivity index (χ0) is 18.7. The SMILES string of the molecule is COC(=O)c1cccc(C(=O)NC(=S)Nc2sc3c(c2C#N)CCC3)c1. The average Bonchev–Trinajstić information content (AvgIpc) is 3.21. The molecule has 26 heavy (non-hydrogen) atoms. The van der Waals surface area contributed by atoms with Crippen molar-refractivity contribution >= 4 is 45.5 Å². The molecule has 0 saturated heterocycles. The standard InChI is InChI=1S/C18H15N3O3S2/c1-24-17(23)11-5-2-4-10(8-11)15(22)20-18(25)21-16-13(9-19)12-6-3-7-14(12)26-16/h2,4-5,8H,3,6-7H2,1H3,(H2,20,21,22,25). The Bertz CT molecular complexity index is 944. The summed E-state index contributed by atoms with van der Waals surface area (Å²) in [5.41, 5.74) is 2.25. The zero-order valence-corrected chi connectivity index (χ0v) is 15.6. The number of benzene rings is 1. The van der Waals surface area contributed by atoms with Crippen LogP contribution in [0.2, 0.25) is 0 Å². The molecule has 1 amide bonds. The Kier molecular flexibility index (Phi) is 5.30. The average molecular weight is 385 g/mol. The van der Waals surface area contributed by atoms with E-state index in [9.17, 15) is 14.9 Å². The van der Waals surface area contributed by atoms with Crippen molar-refractivity contribution in [3.8, 4) is 6.07 Å². The van der Waals surface area contributed by atoms with Gasteiger partial charge in [-0.15, -0.1) is 11.3 Å². The number of aryl methyl sites for hydroxylation is 1. The molecule has 0 spiro atoms. The number of methoxy groups -OCH3 is 1. The van der Waals surface area contributed by atoms with Crippen molar-refractivity contribution in [1.29, 1.82) is 5.26 Å². The molecule has 6 nitrogen and oxygen atoms in total. The maximum Gasteiger partial charge on any atom is 0.337 e. The second-order valence-corrected chi connectivity index (χ2v) is 7.17. The molecular formula is C18H15N3O3S2. The molecule has 2 N–H and O–H groups in total. The third-order valence-corrected chi connectivity index (χ3v) is 5.44. The molecule has 8 heteroatoms. The molecule has 0 radical (unpaired) electrons. The summed E-state index contributed by atoms with van der Waals surface area (Å²) in [6.07, 6.45) is 2.93. The molecule has 2 aromatic rings. The van der Waals surface area contributed by atoms with Crippen molar-refractivity contribution in [2.75, 3.05) is 12.4 Å². The summed E-state index contributed by atoms with van der Waals surface area (Å²) in [5, 5.41) is 15.7. The highest BCUT2D eigenvalue weighted by molar-refractivity contribution is 7.80. The van der Waals surface area contributed by atoms with Gasteiger partial charge in [0, 0.05) is 10.4 Å². The van der Waals surface area contributed by atoms with Crippen molar-refractivity contribution in [2.24, 2.45) is 0 Å². The van der Waals surface area contributed by atoms with Gasteiger partial charge in [0.05, 0.1) is 18.2 Å². The molecule has 1 aliphatic rings. The third kappa shape index (κ3) is 3.59. The van der Waals surface area contributed by atoms with Crippen LogP contribution in [-0.4, -0.2) is 24.1 Å². The van der Waals surface area contributed by atoms with Gasteiger partial charge in [-0.05, 0) is 55.2 Å². The Morgan fingerprint density at radius 2 is 2.08 bits per heavy atom. The van der Waals surface area contributed by atoms with Crippen LogP contribution in [0.1, 0.15) is 43.1 Å². The number of anilines is 1. The van der Waals surface area contributed by atoms with Gasteiger partial charge < -0.3 is 10.1 Å². The van der Waals surface area contributed by atoms with E-state index in [1.54, 1.807) is 18.2 Å². The second kappa shape index (κ2) is 7.64. The fourth-order valence-electron chi connectivity index (χ4n) is 2.83. The quantitative estimate of drug-likeness (QED) is 0.623. The lowest BCUT2D eigenvalue weighted by Gasteiger charge is -2.09. The first-order chi connectivity index (χ1) is 12.5. The number of ether oxygens (including phenoxy) is 1. The van der Waals surface area contributed by atoms with E-state index in [4.69, 9.17) is 12.2 Å². The molecule has 1 heterocycles. The fraction of sp³-hybridized carbons (Fsp3) is 0.222. The molecule has 3 rings (SSSR count). The molecule has 0 unspecified atom stereocenters. The topological polar surface area (TPSA) is 91.2 Å². The third-order valence-electron chi connectivity index (χ3n) is 4.03. The lowest BCUT2D eigenvalue weighted by molar-refractivity contribution is 0.0600. The van der Waals surface area contributed by atoms with Crippen LogP contribution >= 0.6 is 23.6 Å². The van der Waals surface area contributed by atoms with E-state index in [2.05, 4.69) is 21.4 Å². The van der Waals surface area contributed by atoms with E-state index >= 15 is 0 Å². The molecule has 132 valence electrons. The number of hydrogen-bond acceptors (Lipinski definition) is 6. The highest BCUT2D eigenvalue weighted by Gasteiger charge is 2.23. The summed E-state index contributed by atoms with van der Waals surface area (Å²) in [6, 6.07) is 8.38. The van der Waals surface area contributed by atoms with E-state index in [0.29, 0.717) is 10.6 Å². The van der Waals surface area contributed by atoms with Gasteiger partial charge in [-0.1, -0.05) is 6.07 Å². The van der Waals surface area contributed by atoms with Gasteiger partial charge in [-0.25, -0.2) is 4.79 Å². The van der Waals surface area contributed by atoms with E-state index < -0.39 is 11.9 Å². The Hall–Kier alpha value is -2.76. The van der Waals surface area contributed by atoms with Crippen LogP contribution < -0.4 is 10.6 Å². The Balaban J connectivity index is 1.70. The lowest BCUT2D eigenvalue weighted by Crippen LogP contribution is -2.34. The highest BCUT2D eigenvalue weighted by atomic mass is 32.1. The van der Waals surface area contributed by atoms with Crippen LogP contribution in [0.25, 0.3) is 0 Å². The Morgan fingerprint density at radius 3 is 2.81 bits per heavy atom. The van der Waals surface area contributed by atoms with Gasteiger partial charge in [0.25, 0.3) is 5.91 Å². The first-order valence-electron chi connectivity index (χ1n) is 7.89. The number of rotatable bonds is 3. The largest absolute Gasteiger partial charge is 0.465 e. The van der Waals surface area contributed by atoms with Crippen LogP contribution in [0.4, 0.5) is 5.00 Å². The maximum atomic E-state index is 12.4. The number of amides is 1. The minimum Gasteiger partial charge on any atom is -0.465 e. The summed E-state index contributed by atoms with van der Waals surface area (Å²) < 4.78 is 4.65. The fourth-order valence-corrected chi connectivity index (χ4v) is 4.33. The van der Waals surface area contributed by atoms with Crippen molar-refractivity contribution < 1.29 is 14.3 Å². The number of nitrogens with zero attached hydrogens (tertiary/aromatic N) is 1. The lowest BCUT2D eigenvalue weighted by atomic mass is 10.1. The number of nitrogens with one attached hydrogen (secondary N) is 2. The van der Waals surface area contributed by atoms with Gasteiger partial charge in [-0.3, -0.25) is 10.1 Å². The van der Waals surface area contributed by atoms with Crippen LogP contribution in [0.15, 0.2) is 24.3 Å². The normalized spacial score (nSPS) is 12.0. The second-order valence-electron chi connectivity index (χ2n) is 5.65. The van der Waals surface area contributed by atoms with E-state index in [-0.39, 0.29) is 16.2 Å². The van der Waals surface area contributed by atoms with E-state index in [0.717, 1.165) is 24.8 Å². The Labute approximate surface area is 159 Å². The molecule has 1 aromatic heterocycles. The number of fused-ring (bicyclic) bond motifs is 1. The molecular weight excluding hydrogens is 370 g/mol. The minimum absolute atomic E-state index is 0.106. The van der Waals surface area contributed by atoms with Gasteiger partial charge in [0.15, 0.2) is 5.11 Å². The number of hydrogen-bond donors (Lipinski definition) is 2. The zero-order valence-electron chi connectivity index (χ0n) is 13.9. The van der Waals surface area contributed by atoms with Crippen molar-refractivity contribution in [1.82, 2.24) is 5.32 Å². The number of esters is 1. The maximum absolute atomic E-state index is 12.4. The van der Waals surface area contributed by atoms with Crippen molar-refractivity contribution in [3.05, 3.63) is 51.4 Å². The number of thiophene rings is 1. The highest BCUT2D eigenvalue weighted by Crippen LogP contribution is 2.38. The van der Waals surface area contributed by atoms with E-state index in [1.807, 2.05) is 0 Å².